The van der Waals surface area contributed by atoms with E-state index in [4.69, 9.17) is 0 Å². The van der Waals surface area contributed by atoms with E-state index in [0.29, 0.717) is 18.8 Å². The third-order valence-electron chi connectivity index (χ3n) is 3.25. The van der Waals surface area contributed by atoms with E-state index < -0.39 is 10.8 Å². The summed E-state index contributed by atoms with van der Waals surface area (Å²) in [5, 5.41) is 3.23. The number of halogens is 2. The van der Waals surface area contributed by atoms with Crippen molar-refractivity contribution < 1.29 is 8.60 Å². The summed E-state index contributed by atoms with van der Waals surface area (Å²) in [7, 11) is 1.03. The topological polar surface area (TPSA) is 44.7 Å². The predicted molar refractivity (Wildman–Crippen MR) is 112 cm³/mol. The Morgan fingerprint density at radius 3 is 2.38 bits per heavy atom. The van der Waals surface area contributed by atoms with Crippen LogP contribution < -0.4 is 5.32 Å². The van der Waals surface area contributed by atoms with Crippen LogP contribution in [0.1, 0.15) is 33.3 Å². The molecule has 0 aliphatic carbocycles. The van der Waals surface area contributed by atoms with Gasteiger partial charge in [-0.25, -0.2) is 4.39 Å². The molecule has 1 atom stereocenters. The van der Waals surface area contributed by atoms with Gasteiger partial charge in [-0.3, -0.25) is 9.20 Å². The Kier molecular flexibility index (Phi) is 10.7. The summed E-state index contributed by atoms with van der Waals surface area (Å²) in [6.45, 7) is 9.83. The Morgan fingerprint density at radius 2 is 1.88 bits per heavy atom. The van der Waals surface area contributed by atoms with Gasteiger partial charge in [-0.2, -0.15) is 0 Å². The van der Waals surface area contributed by atoms with E-state index in [9.17, 15) is 8.60 Å². The number of guanidine groups is 1. The Morgan fingerprint density at radius 1 is 1.29 bits per heavy atom. The van der Waals surface area contributed by atoms with Gasteiger partial charge in [0, 0.05) is 41.4 Å². The SMILES string of the molecule is CCNC(=NCCS(=O)C(C)(C)C)N(C)Cc1ccc(F)cc1.I. The van der Waals surface area contributed by atoms with Gasteiger partial charge in [-0.1, -0.05) is 12.1 Å². The molecular formula is C17H29FIN3OS. The fourth-order valence-electron chi connectivity index (χ4n) is 1.95. The summed E-state index contributed by atoms with van der Waals surface area (Å²) < 4.78 is 24.8. The molecule has 1 rings (SSSR count). The highest BCUT2D eigenvalue weighted by atomic mass is 127. The second-order valence-corrected chi connectivity index (χ2v) is 8.70. The molecule has 0 aliphatic rings. The Labute approximate surface area is 164 Å². The number of hydrogen-bond donors (Lipinski definition) is 1. The number of nitrogens with zero attached hydrogens (tertiary/aromatic N) is 2. The number of rotatable bonds is 6. The molecule has 7 heteroatoms. The van der Waals surface area contributed by atoms with E-state index in [0.717, 1.165) is 18.1 Å². The third-order valence-corrected chi connectivity index (χ3v) is 5.17. The normalized spacial score (nSPS) is 13.2. The minimum absolute atomic E-state index is 0. The van der Waals surface area contributed by atoms with Crippen molar-refractivity contribution in [2.24, 2.45) is 4.99 Å². The van der Waals surface area contributed by atoms with Gasteiger partial charge in [-0.05, 0) is 45.4 Å². The third kappa shape index (κ3) is 8.41. The van der Waals surface area contributed by atoms with Crippen molar-refractivity contribution in [3.63, 3.8) is 0 Å². The van der Waals surface area contributed by atoms with Crippen molar-refractivity contribution in [2.75, 3.05) is 25.9 Å². The maximum absolute atomic E-state index is 13.0. The lowest BCUT2D eigenvalue weighted by Crippen LogP contribution is -2.39. The summed E-state index contributed by atoms with van der Waals surface area (Å²) >= 11 is 0. The molecule has 24 heavy (non-hydrogen) atoms. The average molecular weight is 469 g/mol. The van der Waals surface area contributed by atoms with Crippen LogP contribution in [-0.4, -0.2) is 45.7 Å². The monoisotopic (exact) mass is 469 g/mol. The van der Waals surface area contributed by atoms with Gasteiger partial charge in [0.25, 0.3) is 0 Å². The van der Waals surface area contributed by atoms with E-state index in [1.165, 1.54) is 12.1 Å². The average Bonchev–Trinajstić information content (AvgIpc) is 2.47. The van der Waals surface area contributed by atoms with E-state index in [-0.39, 0.29) is 34.5 Å². The van der Waals surface area contributed by atoms with E-state index >= 15 is 0 Å². The summed E-state index contributed by atoms with van der Waals surface area (Å²) in [5.74, 6) is 1.08. The largest absolute Gasteiger partial charge is 0.357 e. The first kappa shape index (κ1) is 23.3. The molecule has 1 unspecified atom stereocenters. The van der Waals surface area contributed by atoms with Crippen LogP contribution in [0.15, 0.2) is 29.3 Å². The zero-order valence-electron chi connectivity index (χ0n) is 15.1. The standard InChI is InChI=1S/C17H28FN3OS.HI/c1-6-19-16(20-11-12-23(22)17(2,3)4)21(5)13-14-7-9-15(18)10-8-14;/h7-10H,6,11-13H2,1-5H3,(H,19,20);1H. The summed E-state index contributed by atoms with van der Waals surface area (Å²) in [6.07, 6.45) is 0. The van der Waals surface area contributed by atoms with Crippen LogP contribution in [-0.2, 0) is 17.3 Å². The number of hydrogen-bond acceptors (Lipinski definition) is 2. The van der Waals surface area contributed by atoms with Gasteiger partial charge in [0.2, 0.25) is 0 Å². The zero-order valence-corrected chi connectivity index (χ0v) is 18.3. The Hall–Kier alpha value is -0.700. The Bertz CT molecular complexity index is 544. The molecule has 0 aromatic heterocycles. The zero-order chi connectivity index (χ0) is 17.5. The van der Waals surface area contributed by atoms with Crippen LogP contribution in [0.5, 0.6) is 0 Å². The van der Waals surface area contributed by atoms with Crippen molar-refractivity contribution >= 4 is 40.7 Å². The second kappa shape index (κ2) is 11.0. The first-order valence-electron chi connectivity index (χ1n) is 7.86. The molecule has 4 nitrogen and oxygen atoms in total. The fraction of sp³-hybridized carbons (Fsp3) is 0.588. The van der Waals surface area contributed by atoms with Gasteiger partial charge in [0.1, 0.15) is 5.82 Å². The highest BCUT2D eigenvalue weighted by molar-refractivity contribution is 14.0. The van der Waals surface area contributed by atoms with E-state index in [1.54, 1.807) is 12.1 Å². The second-order valence-electron chi connectivity index (χ2n) is 6.38. The minimum Gasteiger partial charge on any atom is -0.357 e. The van der Waals surface area contributed by atoms with Crippen molar-refractivity contribution in [2.45, 2.75) is 39.0 Å². The molecule has 0 bridgehead atoms. The molecular weight excluding hydrogens is 440 g/mol. The summed E-state index contributed by atoms with van der Waals surface area (Å²) in [5.41, 5.74) is 1.01. The highest BCUT2D eigenvalue weighted by Gasteiger charge is 2.18. The Balaban J connectivity index is 0.00000529. The summed E-state index contributed by atoms with van der Waals surface area (Å²) in [6, 6.07) is 6.45. The number of aliphatic imine (C=N–C) groups is 1. The van der Waals surface area contributed by atoms with Crippen molar-refractivity contribution in [3.05, 3.63) is 35.6 Å². The molecule has 0 spiro atoms. The van der Waals surface area contributed by atoms with Crippen LogP contribution in [0.2, 0.25) is 0 Å². The van der Waals surface area contributed by atoms with Crippen LogP contribution >= 0.6 is 24.0 Å². The van der Waals surface area contributed by atoms with Gasteiger partial charge in [0.15, 0.2) is 5.96 Å². The van der Waals surface area contributed by atoms with Crippen LogP contribution in [0.3, 0.4) is 0 Å². The van der Waals surface area contributed by atoms with Gasteiger partial charge in [0.05, 0.1) is 6.54 Å². The fourth-order valence-corrected chi connectivity index (χ4v) is 2.82. The molecule has 0 aliphatic heterocycles. The first-order valence-corrected chi connectivity index (χ1v) is 9.18. The van der Waals surface area contributed by atoms with Crippen LogP contribution in [0.25, 0.3) is 0 Å². The van der Waals surface area contributed by atoms with Crippen molar-refractivity contribution in [1.29, 1.82) is 0 Å². The maximum atomic E-state index is 13.0. The van der Waals surface area contributed by atoms with Gasteiger partial charge >= 0.3 is 0 Å². The summed E-state index contributed by atoms with van der Waals surface area (Å²) in [4.78, 5) is 6.53. The maximum Gasteiger partial charge on any atom is 0.193 e. The van der Waals surface area contributed by atoms with Crippen molar-refractivity contribution in [1.82, 2.24) is 10.2 Å². The molecule has 0 saturated carbocycles. The van der Waals surface area contributed by atoms with Crippen molar-refractivity contribution in [3.8, 4) is 0 Å². The van der Waals surface area contributed by atoms with Gasteiger partial charge < -0.3 is 10.2 Å². The minimum atomic E-state index is -0.907. The van der Waals surface area contributed by atoms with E-state index in [1.807, 2.05) is 39.6 Å². The number of nitrogens with one attached hydrogen (secondary N) is 1. The lowest BCUT2D eigenvalue weighted by Gasteiger charge is -2.22. The molecule has 1 aromatic rings. The molecule has 1 N–H and O–H groups in total. The molecule has 138 valence electrons. The van der Waals surface area contributed by atoms with Gasteiger partial charge in [-0.15, -0.1) is 24.0 Å². The van der Waals surface area contributed by atoms with Crippen LogP contribution in [0, 0.1) is 5.82 Å². The smallest absolute Gasteiger partial charge is 0.193 e. The molecule has 1 aromatic carbocycles. The molecule has 0 fully saturated rings. The quantitative estimate of drug-likeness (QED) is 0.395. The number of benzene rings is 1. The molecule has 0 saturated heterocycles. The molecule has 0 amide bonds. The lowest BCUT2D eigenvalue weighted by atomic mass is 10.2. The predicted octanol–water partition coefficient (Wildman–Crippen LogP) is 3.39. The van der Waals surface area contributed by atoms with Crippen LogP contribution in [0.4, 0.5) is 4.39 Å². The van der Waals surface area contributed by atoms with E-state index in [2.05, 4.69) is 10.3 Å². The highest BCUT2D eigenvalue weighted by Crippen LogP contribution is 2.11. The molecule has 0 radical (unpaired) electrons. The molecule has 0 heterocycles. The lowest BCUT2D eigenvalue weighted by molar-refractivity contribution is 0.477. The first-order chi connectivity index (χ1) is 10.7.